The molecule has 2 aromatic carbocycles. The van der Waals surface area contributed by atoms with E-state index in [1.807, 2.05) is 48.5 Å². The van der Waals surface area contributed by atoms with Gasteiger partial charge in [-0.15, -0.1) is 0 Å². The first-order chi connectivity index (χ1) is 10.2. The van der Waals surface area contributed by atoms with E-state index in [4.69, 9.17) is 9.47 Å². The van der Waals surface area contributed by atoms with Crippen molar-refractivity contribution >= 4 is 21.9 Å². The number of carbonyl (C=O) groups is 1. The van der Waals surface area contributed by atoms with Gasteiger partial charge in [-0.25, -0.2) is 0 Å². The Morgan fingerprint density at radius 1 is 1.05 bits per heavy atom. The lowest BCUT2D eigenvalue weighted by Gasteiger charge is -2.18. The molecular formula is C17H15BrO3. The SMILES string of the molecule is COc1ccc([C@H]2CC(=O)O[C@H]2c2ccc(Br)cc2)cc1. The average Bonchev–Trinajstić information content (AvgIpc) is 2.90. The second-order valence-corrected chi connectivity index (χ2v) is 5.96. The van der Waals surface area contributed by atoms with Gasteiger partial charge in [-0.2, -0.15) is 0 Å². The minimum absolute atomic E-state index is 0.0459. The summed E-state index contributed by atoms with van der Waals surface area (Å²) in [6.07, 6.45) is 0.187. The van der Waals surface area contributed by atoms with Gasteiger partial charge in [-0.05, 0) is 35.4 Å². The normalized spacial score (nSPS) is 21.1. The molecular weight excluding hydrogens is 332 g/mol. The van der Waals surface area contributed by atoms with Crippen LogP contribution in [0.5, 0.6) is 5.75 Å². The van der Waals surface area contributed by atoms with Crippen LogP contribution in [0.2, 0.25) is 0 Å². The van der Waals surface area contributed by atoms with Gasteiger partial charge in [-0.3, -0.25) is 4.79 Å². The number of halogens is 1. The molecule has 1 saturated heterocycles. The van der Waals surface area contributed by atoms with Crippen LogP contribution in [0.3, 0.4) is 0 Å². The highest BCUT2D eigenvalue weighted by Gasteiger charge is 2.36. The van der Waals surface area contributed by atoms with Crippen LogP contribution in [0.4, 0.5) is 0 Å². The first kappa shape index (κ1) is 14.1. The van der Waals surface area contributed by atoms with E-state index in [9.17, 15) is 4.79 Å². The first-order valence-electron chi connectivity index (χ1n) is 6.76. The molecule has 1 fully saturated rings. The smallest absolute Gasteiger partial charge is 0.307 e. The van der Waals surface area contributed by atoms with E-state index in [1.165, 1.54) is 0 Å². The van der Waals surface area contributed by atoms with E-state index in [-0.39, 0.29) is 18.0 Å². The molecule has 0 aromatic heterocycles. The van der Waals surface area contributed by atoms with Crippen LogP contribution in [0.25, 0.3) is 0 Å². The Morgan fingerprint density at radius 2 is 1.67 bits per heavy atom. The van der Waals surface area contributed by atoms with Crippen LogP contribution < -0.4 is 4.74 Å². The topological polar surface area (TPSA) is 35.5 Å². The Labute approximate surface area is 132 Å². The van der Waals surface area contributed by atoms with Crippen molar-refractivity contribution in [2.45, 2.75) is 18.4 Å². The summed E-state index contributed by atoms with van der Waals surface area (Å²) in [5, 5.41) is 0. The summed E-state index contributed by atoms with van der Waals surface area (Å²) in [5.74, 6) is 0.706. The number of carbonyl (C=O) groups excluding carboxylic acids is 1. The molecule has 1 aliphatic rings. The number of methoxy groups -OCH3 is 1. The summed E-state index contributed by atoms with van der Waals surface area (Å²) in [5.41, 5.74) is 2.11. The predicted molar refractivity (Wildman–Crippen MR) is 83.3 cm³/mol. The lowest BCUT2D eigenvalue weighted by atomic mass is 9.88. The second kappa shape index (κ2) is 5.90. The van der Waals surface area contributed by atoms with E-state index in [0.29, 0.717) is 6.42 Å². The highest BCUT2D eigenvalue weighted by Crippen LogP contribution is 2.42. The first-order valence-corrected chi connectivity index (χ1v) is 7.55. The Balaban J connectivity index is 1.91. The largest absolute Gasteiger partial charge is 0.497 e. The molecule has 3 nitrogen and oxygen atoms in total. The number of rotatable bonds is 3. The number of ether oxygens (including phenoxy) is 2. The van der Waals surface area contributed by atoms with Crippen LogP contribution in [-0.4, -0.2) is 13.1 Å². The fourth-order valence-electron chi connectivity index (χ4n) is 2.66. The Kier molecular flexibility index (Phi) is 3.97. The Bertz CT molecular complexity index is 634. The molecule has 2 aromatic rings. The van der Waals surface area contributed by atoms with Gasteiger partial charge < -0.3 is 9.47 Å². The molecule has 0 spiro atoms. The molecule has 3 rings (SSSR count). The minimum Gasteiger partial charge on any atom is -0.497 e. The molecule has 0 unspecified atom stereocenters. The van der Waals surface area contributed by atoms with E-state index < -0.39 is 0 Å². The molecule has 2 atom stereocenters. The summed E-state index contributed by atoms with van der Waals surface area (Å²) in [7, 11) is 1.64. The molecule has 21 heavy (non-hydrogen) atoms. The number of hydrogen-bond acceptors (Lipinski definition) is 3. The summed E-state index contributed by atoms with van der Waals surface area (Å²) < 4.78 is 11.7. The maximum absolute atomic E-state index is 11.7. The van der Waals surface area contributed by atoms with Crippen molar-refractivity contribution in [3.63, 3.8) is 0 Å². The van der Waals surface area contributed by atoms with Crippen molar-refractivity contribution in [2.24, 2.45) is 0 Å². The van der Waals surface area contributed by atoms with Gasteiger partial charge in [0.1, 0.15) is 11.9 Å². The summed E-state index contributed by atoms with van der Waals surface area (Å²) in [6, 6.07) is 15.7. The van der Waals surface area contributed by atoms with Gasteiger partial charge in [0.25, 0.3) is 0 Å². The van der Waals surface area contributed by atoms with E-state index in [2.05, 4.69) is 15.9 Å². The van der Waals surface area contributed by atoms with Crippen molar-refractivity contribution in [3.8, 4) is 5.75 Å². The van der Waals surface area contributed by atoms with Crippen LogP contribution in [-0.2, 0) is 9.53 Å². The Morgan fingerprint density at radius 3 is 2.29 bits per heavy atom. The van der Waals surface area contributed by atoms with Gasteiger partial charge >= 0.3 is 5.97 Å². The van der Waals surface area contributed by atoms with Crippen molar-refractivity contribution in [3.05, 3.63) is 64.1 Å². The van der Waals surface area contributed by atoms with Gasteiger partial charge in [0.2, 0.25) is 0 Å². The molecule has 0 aliphatic carbocycles. The van der Waals surface area contributed by atoms with Crippen LogP contribution in [0.15, 0.2) is 53.0 Å². The maximum Gasteiger partial charge on any atom is 0.307 e. The van der Waals surface area contributed by atoms with E-state index >= 15 is 0 Å². The van der Waals surface area contributed by atoms with Crippen LogP contribution in [0.1, 0.15) is 29.6 Å². The summed E-state index contributed by atoms with van der Waals surface area (Å²) in [4.78, 5) is 11.7. The quantitative estimate of drug-likeness (QED) is 0.780. The number of esters is 1. The molecule has 0 radical (unpaired) electrons. The van der Waals surface area contributed by atoms with Gasteiger partial charge in [0.15, 0.2) is 0 Å². The Hall–Kier alpha value is -1.81. The highest BCUT2D eigenvalue weighted by molar-refractivity contribution is 9.10. The van der Waals surface area contributed by atoms with Crippen molar-refractivity contribution in [1.29, 1.82) is 0 Å². The molecule has 0 amide bonds. The second-order valence-electron chi connectivity index (χ2n) is 5.05. The predicted octanol–water partition coefficient (Wildman–Crippen LogP) is 4.23. The zero-order chi connectivity index (χ0) is 14.8. The third kappa shape index (κ3) is 2.95. The minimum atomic E-state index is -0.223. The molecule has 4 heteroatoms. The molecule has 0 bridgehead atoms. The third-order valence-electron chi connectivity index (χ3n) is 3.75. The average molecular weight is 347 g/mol. The lowest BCUT2D eigenvalue weighted by Crippen LogP contribution is -2.06. The van der Waals surface area contributed by atoms with Gasteiger partial charge in [0, 0.05) is 10.4 Å². The van der Waals surface area contributed by atoms with Crippen LogP contribution in [0, 0.1) is 0 Å². The molecule has 0 saturated carbocycles. The van der Waals surface area contributed by atoms with E-state index in [1.54, 1.807) is 7.11 Å². The van der Waals surface area contributed by atoms with Crippen molar-refractivity contribution in [1.82, 2.24) is 0 Å². The van der Waals surface area contributed by atoms with E-state index in [0.717, 1.165) is 21.3 Å². The number of hydrogen-bond donors (Lipinski definition) is 0. The number of benzene rings is 2. The van der Waals surface area contributed by atoms with Gasteiger partial charge in [-0.1, -0.05) is 40.2 Å². The molecule has 1 aliphatic heterocycles. The highest BCUT2D eigenvalue weighted by atomic mass is 79.9. The molecule has 108 valence electrons. The fourth-order valence-corrected chi connectivity index (χ4v) is 2.92. The van der Waals surface area contributed by atoms with Crippen LogP contribution >= 0.6 is 15.9 Å². The van der Waals surface area contributed by atoms with Gasteiger partial charge in [0.05, 0.1) is 13.5 Å². The summed E-state index contributed by atoms with van der Waals surface area (Å²) in [6.45, 7) is 0. The molecule has 1 heterocycles. The fraction of sp³-hybridized carbons (Fsp3) is 0.235. The van der Waals surface area contributed by atoms with Crippen molar-refractivity contribution < 1.29 is 14.3 Å². The van der Waals surface area contributed by atoms with Crippen molar-refractivity contribution in [2.75, 3.05) is 7.11 Å². The summed E-state index contributed by atoms with van der Waals surface area (Å²) >= 11 is 3.42. The monoisotopic (exact) mass is 346 g/mol. The zero-order valence-corrected chi connectivity index (χ0v) is 13.2. The standard InChI is InChI=1S/C17H15BrO3/c1-20-14-8-4-11(5-9-14)15-10-16(19)21-17(15)12-2-6-13(18)7-3-12/h2-9,15,17H,10H2,1H3/t15-,17+/m1/s1. The third-order valence-corrected chi connectivity index (χ3v) is 4.28. The molecule has 0 N–H and O–H groups in total. The zero-order valence-electron chi connectivity index (χ0n) is 11.6. The maximum atomic E-state index is 11.7. The number of cyclic esters (lactones) is 1. The lowest BCUT2D eigenvalue weighted by molar-refractivity contribution is -0.141.